The van der Waals surface area contributed by atoms with Gasteiger partial charge in [-0.05, 0) is 31.2 Å². The van der Waals surface area contributed by atoms with Crippen molar-refractivity contribution in [2.24, 2.45) is 0 Å². The topological polar surface area (TPSA) is 75.7 Å². The van der Waals surface area contributed by atoms with Crippen molar-refractivity contribution in [2.45, 2.75) is 19.1 Å². The molecule has 0 aliphatic carbocycles. The molecule has 0 heterocycles. The van der Waals surface area contributed by atoms with Crippen molar-refractivity contribution in [3.05, 3.63) is 58.6 Å². The van der Waals surface area contributed by atoms with Crippen molar-refractivity contribution < 1.29 is 31.1 Å². The van der Waals surface area contributed by atoms with Crippen molar-refractivity contribution in [1.82, 2.24) is 5.32 Å². The zero-order valence-corrected chi connectivity index (χ0v) is 17.9. The van der Waals surface area contributed by atoms with Crippen molar-refractivity contribution in [3.63, 3.8) is 0 Å². The lowest BCUT2D eigenvalue weighted by molar-refractivity contribution is -0.137. The maximum absolute atomic E-state index is 13.1. The van der Waals surface area contributed by atoms with Gasteiger partial charge in [0, 0.05) is 5.56 Å². The third-order valence-electron chi connectivity index (χ3n) is 4.21. The van der Waals surface area contributed by atoms with Crippen molar-refractivity contribution in [1.29, 1.82) is 0 Å². The summed E-state index contributed by atoms with van der Waals surface area (Å²) in [7, 11) is -2.65. The Bertz CT molecular complexity index is 1030. The number of hydrogen-bond acceptors (Lipinski definition) is 4. The number of anilines is 1. The number of para-hydroxylation sites is 1. The number of carbonyl (C=O) groups excluding carboxylic acids is 1. The van der Waals surface area contributed by atoms with Gasteiger partial charge in [0.05, 0.1) is 35.7 Å². The van der Waals surface area contributed by atoms with Crippen LogP contribution in [0.15, 0.2) is 42.5 Å². The molecule has 0 aromatic heterocycles. The molecule has 11 heteroatoms. The van der Waals surface area contributed by atoms with Crippen LogP contribution in [0.5, 0.6) is 5.75 Å². The summed E-state index contributed by atoms with van der Waals surface area (Å²) in [4.78, 5) is 12.5. The van der Waals surface area contributed by atoms with Crippen LogP contribution in [-0.2, 0) is 21.0 Å². The molecule has 6 nitrogen and oxygen atoms in total. The van der Waals surface area contributed by atoms with Crippen LogP contribution < -0.4 is 14.4 Å². The van der Waals surface area contributed by atoms with E-state index in [2.05, 4.69) is 5.32 Å². The third-order valence-corrected chi connectivity index (χ3v) is 5.66. The monoisotopic (exact) mass is 464 g/mol. The SMILES string of the molecule is COc1ccccc1[C@@H](C)NC(=O)CN(c1cc(C(F)(F)F)ccc1Cl)S(C)(=O)=O. The maximum atomic E-state index is 13.1. The molecule has 0 spiro atoms. The van der Waals surface area contributed by atoms with Crippen molar-refractivity contribution >= 4 is 33.2 Å². The number of rotatable bonds is 7. The molecule has 0 fully saturated rings. The number of methoxy groups -OCH3 is 1. The molecular formula is C19H20ClF3N2O4S. The summed E-state index contributed by atoms with van der Waals surface area (Å²) >= 11 is 5.95. The largest absolute Gasteiger partial charge is 0.496 e. The van der Waals surface area contributed by atoms with Crippen LogP contribution in [0.3, 0.4) is 0 Å². The minimum Gasteiger partial charge on any atom is -0.496 e. The van der Waals surface area contributed by atoms with Crippen LogP contribution in [0.4, 0.5) is 18.9 Å². The average Bonchev–Trinajstić information content (AvgIpc) is 2.64. The summed E-state index contributed by atoms with van der Waals surface area (Å²) in [6.45, 7) is 0.914. The van der Waals surface area contributed by atoms with Gasteiger partial charge in [-0.2, -0.15) is 13.2 Å². The van der Waals surface area contributed by atoms with Crippen LogP contribution in [0, 0.1) is 0 Å². The Kier molecular flexibility index (Phi) is 7.25. The number of carbonyl (C=O) groups is 1. The summed E-state index contributed by atoms with van der Waals surface area (Å²) in [6.07, 6.45) is -3.93. The molecule has 0 radical (unpaired) electrons. The summed E-state index contributed by atoms with van der Waals surface area (Å²) in [5.41, 5.74) is -0.871. The molecule has 0 saturated carbocycles. The Labute approximate surface area is 177 Å². The highest BCUT2D eigenvalue weighted by atomic mass is 35.5. The van der Waals surface area contributed by atoms with Crippen LogP contribution in [0.1, 0.15) is 24.1 Å². The number of benzene rings is 2. The molecule has 164 valence electrons. The van der Waals surface area contributed by atoms with Crippen LogP contribution in [0.25, 0.3) is 0 Å². The molecule has 2 aromatic carbocycles. The lowest BCUT2D eigenvalue weighted by atomic mass is 10.1. The Morgan fingerprint density at radius 2 is 1.87 bits per heavy atom. The van der Waals surface area contributed by atoms with Gasteiger partial charge in [0.1, 0.15) is 12.3 Å². The Morgan fingerprint density at radius 3 is 2.43 bits per heavy atom. The molecule has 1 amide bonds. The molecule has 0 aliphatic rings. The maximum Gasteiger partial charge on any atom is 0.416 e. The van der Waals surface area contributed by atoms with E-state index in [1.165, 1.54) is 7.11 Å². The zero-order chi connectivity index (χ0) is 22.7. The van der Waals surface area contributed by atoms with E-state index in [-0.39, 0.29) is 5.02 Å². The van der Waals surface area contributed by atoms with Gasteiger partial charge in [0.2, 0.25) is 15.9 Å². The van der Waals surface area contributed by atoms with E-state index in [0.29, 0.717) is 21.7 Å². The lowest BCUT2D eigenvalue weighted by Gasteiger charge is -2.25. The Hall–Kier alpha value is -2.46. The fourth-order valence-corrected chi connectivity index (χ4v) is 3.91. The first-order valence-electron chi connectivity index (χ1n) is 8.61. The fraction of sp³-hybridized carbons (Fsp3) is 0.316. The van der Waals surface area contributed by atoms with Crippen LogP contribution >= 0.6 is 11.6 Å². The molecule has 0 aliphatic heterocycles. The second kappa shape index (κ2) is 9.13. The minimum atomic E-state index is -4.71. The summed E-state index contributed by atoms with van der Waals surface area (Å²) in [5, 5.41) is 2.38. The van der Waals surface area contributed by atoms with Gasteiger partial charge in [0.25, 0.3) is 0 Å². The standard InChI is InChI=1S/C19H20ClF3N2O4S/c1-12(14-6-4-5-7-17(14)29-2)24-18(26)11-25(30(3,27)28)16-10-13(19(21,22)23)8-9-15(16)20/h4-10,12H,11H2,1-3H3,(H,24,26)/t12-/m1/s1. The molecule has 0 bridgehead atoms. The van der Waals surface area contributed by atoms with E-state index in [4.69, 9.17) is 16.3 Å². The van der Waals surface area contributed by atoms with E-state index < -0.39 is 45.9 Å². The van der Waals surface area contributed by atoms with Crippen LogP contribution in [-0.4, -0.2) is 34.2 Å². The number of ether oxygens (including phenoxy) is 1. The summed E-state index contributed by atoms with van der Waals surface area (Å²) in [5.74, 6) is -0.210. The first-order valence-corrected chi connectivity index (χ1v) is 10.8. The van der Waals surface area contributed by atoms with E-state index in [9.17, 15) is 26.4 Å². The molecule has 0 unspecified atom stereocenters. The smallest absolute Gasteiger partial charge is 0.416 e. The molecular weight excluding hydrogens is 445 g/mol. The predicted octanol–water partition coefficient (Wildman–Crippen LogP) is 4.01. The molecule has 1 atom stereocenters. The summed E-state index contributed by atoms with van der Waals surface area (Å²) < 4.78 is 69.4. The molecule has 30 heavy (non-hydrogen) atoms. The predicted molar refractivity (Wildman–Crippen MR) is 108 cm³/mol. The van der Waals surface area contributed by atoms with Gasteiger partial charge in [-0.3, -0.25) is 9.10 Å². The van der Waals surface area contributed by atoms with Gasteiger partial charge in [-0.1, -0.05) is 29.8 Å². The van der Waals surface area contributed by atoms with E-state index in [1.807, 2.05) is 0 Å². The molecule has 2 aromatic rings. The molecule has 2 rings (SSSR count). The minimum absolute atomic E-state index is 0.237. The number of hydrogen-bond donors (Lipinski definition) is 1. The average molecular weight is 465 g/mol. The molecule has 0 saturated heterocycles. The van der Waals surface area contributed by atoms with Crippen LogP contribution in [0.2, 0.25) is 5.02 Å². The second-order valence-corrected chi connectivity index (χ2v) is 8.78. The Balaban J connectivity index is 2.31. The number of nitrogens with zero attached hydrogens (tertiary/aromatic N) is 1. The Morgan fingerprint density at radius 1 is 1.23 bits per heavy atom. The highest BCUT2D eigenvalue weighted by molar-refractivity contribution is 7.92. The number of halogens is 4. The number of nitrogens with one attached hydrogen (secondary N) is 1. The van der Waals surface area contributed by atoms with Gasteiger partial charge in [-0.25, -0.2) is 8.42 Å². The van der Waals surface area contributed by atoms with E-state index in [1.54, 1.807) is 31.2 Å². The quantitative estimate of drug-likeness (QED) is 0.671. The number of alkyl halides is 3. The third kappa shape index (κ3) is 5.79. The summed E-state index contributed by atoms with van der Waals surface area (Å²) in [6, 6.07) is 8.63. The second-order valence-electron chi connectivity index (χ2n) is 6.46. The van der Waals surface area contributed by atoms with E-state index in [0.717, 1.165) is 18.4 Å². The van der Waals surface area contributed by atoms with Crippen molar-refractivity contribution in [3.8, 4) is 5.75 Å². The fourth-order valence-electron chi connectivity index (χ4n) is 2.78. The highest BCUT2D eigenvalue weighted by Gasteiger charge is 2.33. The first-order chi connectivity index (χ1) is 13.8. The molecule has 1 N–H and O–H groups in total. The van der Waals surface area contributed by atoms with Gasteiger partial charge in [0.15, 0.2) is 0 Å². The van der Waals surface area contributed by atoms with Gasteiger partial charge in [-0.15, -0.1) is 0 Å². The van der Waals surface area contributed by atoms with Crippen molar-refractivity contribution in [2.75, 3.05) is 24.2 Å². The number of sulfonamides is 1. The van der Waals surface area contributed by atoms with E-state index >= 15 is 0 Å². The normalized spacial score (nSPS) is 12.9. The zero-order valence-electron chi connectivity index (χ0n) is 16.3. The lowest BCUT2D eigenvalue weighted by Crippen LogP contribution is -2.41. The number of amides is 1. The van der Waals surface area contributed by atoms with Gasteiger partial charge >= 0.3 is 6.18 Å². The van der Waals surface area contributed by atoms with Gasteiger partial charge < -0.3 is 10.1 Å². The highest BCUT2D eigenvalue weighted by Crippen LogP contribution is 2.36. The first kappa shape index (κ1) is 23.8.